The molecule has 0 spiro atoms. The summed E-state index contributed by atoms with van der Waals surface area (Å²) in [6.07, 6.45) is 3.06. The number of nitrogens with zero attached hydrogens (tertiary/aromatic N) is 1. The van der Waals surface area contributed by atoms with E-state index < -0.39 is 0 Å². The van der Waals surface area contributed by atoms with Crippen molar-refractivity contribution in [3.63, 3.8) is 0 Å². The first-order valence-electron chi connectivity index (χ1n) is 5.36. The molecule has 0 amide bonds. The summed E-state index contributed by atoms with van der Waals surface area (Å²) in [6.45, 7) is 8.92. The summed E-state index contributed by atoms with van der Waals surface area (Å²) in [6, 6.07) is 0.474. The van der Waals surface area contributed by atoms with E-state index in [2.05, 4.69) is 39.6 Å². The molecule has 0 bridgehead atoms. The molecule has 0 heterocycles. The van der Waals surface area contributed by atoms with Gasteiger partial charge in [-0.3, -0.25) is 4.90 Å². The van der Waals surface area contributed by atoms with Gasteiger partial charge in [0.1, 0.15) is 0 Å². The molecule has 3 heteroatoms. The number of rotatable bonds is 6. The van der Waals surface area contributed by atoms with Gasteiger partial charge in [-0.15, -0.1) is 0 Å². The minimum atomic E-state index is 0.228. The van der Waals surface area contributed by atoms with Crippen LogP contribution in [0.4, 0.5) is 0 Å². The quantitative estimate of drug-likeness (QED) is 0.692. The molecule has 0 aliphatic heterocycles. The summed E-state index contributed by atoms with van der Waals surface area (Å²) >= 11 is 4.97. The van der Waals surface area contributed by atoms with E-state index in [4.69, 9.17) is 18.0 Å². The second-order valence-corrected chi connectivity index (χ2v) is 5.03. The highest BCUT2D eigenvalue weighted by molar-refractivity contribution is 7.80. The van der Waals surface area contributed by atoms with Crippen molar-refractivity contribution in [2.24, 2.45) is 5.73 Å². The van der Waals surface area contributed by atoms with Gasteiger partial charge in [-0.25, -0.2) is 0 Å². The minimum Gasteiger partial charge on any atom is -0.393 e. The molecule has 0 radical (unpaired) electrons. The molecule has 0 saturated carbocycles. The van der Waals surface area contributed by atoms with Gasteiger partial charge in [-0.2, -0.15) is 0 Å². The first-order chi connectivity index (χ1) is 6.35. The summed E-state index contributed by atoms with van der Waals surface area (Å²) < 4.78 is 0. The van der Waals surface area contributed by atoms with Crippen LogP contribution >= 0.6 is 12.2 Å². The summed E-state index contributed by atoms with van der Waals surface area (Å²) in [5.74, 6) is 0. The average Bonchev–Trinajstić information content (AvgIpc) is 2.12. The monoisotopic (exact) mass is 216 g/mol. The summed E-state index contributed by atoms with van der Waals surface area (Å²) in [4.78, 5) is 3.02. The lowest BCUT2D eigenvalue weighted by molar-refractivity contribution is 0.0978. The zero-order valence-corrected chi connectivity index (χ0v) is 10.9. The van der Waals surface area contributed by atoms with Crippen molar-refractivity contribution in [1.82, 2.24) is 4.90 Å². The van der Waals surface area contributed by atoms with E-state index in [0.717, 1.165) is 19.3 Å². The van der Waals surface area contributed by atoms with Crippen molar-refractivity contribution in [2.45, 2.75) is 58.5 Å². The summed E-state index contributed by atoms with van der Waals surface area (Å²) in [5.41, 5.74) is 5.82. The van der Waals surface area contributed by atoms with Gasteiger partial charge in [0.25, 0.3) is 0 Å². The Morgan fingerprint density at radius 3 is 2.21 bits per heavy atom. The number of thiocarbonyl (C=S) groups is 1. The zero-order valence-electron chi connectivity index (χ0n) is 10.1. The fraction of sp³-hybridized carbons (Fsp3) is 0.909. The van der Waals surface area contributed by atoms with Crippen LogP contribution in [-0.2, 0) is 0 Å². The number of hydrogen-bond donors (Lipinski definition) is 1. The van der Waals surface area contributed by atoms with Crippen molar-refractivity contribution < 1.29 is 0 Å². The van der Waals surface area contributed by atoms with Crippen molar-refractivity contribution in [3.8, 4) is 0 Å². The van der Waals surface area contributed by atoms with Crippen LogP contribution in [0.5, 0.6) is 0 Å². The van der Waals surface area contributed by atoms with Crippen molar-refractivity contribution >= 4 is 17.2 Å². The van der Waals surface area contributed by atoms with Gasteiger partial charge in [-0.1, -0.05) is 26.1 Å². The van der Waals surface area contributed by atoms with Crippen LogP contribution < -0.4 is 5.73 Å². The van der Waals surface area contributed by atoms with Crippen LogP contribution in [0.1, 0.15) is 47.0 Å². The van der Waals surface area contributed by atoms with E-state index in [1.54, 1.807) is 0 Å². The normalized spacial score (nSPS) is 14.4. The third-order valence-corrected chi connectivity index (χ3v) is 3.44. The molecule has 0 aliphatic carbocycles. The van der Waals surface area contributed by atoms with Gasteiger partial charge in [0.2, 0.25) is 0 Å². The molecule has 0 aromatic heterocycles. The Labute approximate surface area is 93.8 Å². The molecule has 84 valence electrons. The molecular weight excluding hydrogens is 192 g/mol. The predicted molar refractivity (Wildman–Crippen MR) is 67.6 cm³/mol. The Morgan fingerprint density at radius 2 is 1.93 bits per heavy atom. The topological polar surface area (TPSA) is 29.3 Å². The van der Waals surface area contributed by atoms with Gasteiger partial charge >= 0.3 is 0 Å². The molecule has 1 atom stereocenters. The van der Waals surface area contributed by atoms with Crippen molar-refractivity contribution in [3.05, 3.63) is 0 Å². The fourth-order valence-corrected chi connectivity index (χ4v) is 1.72. The standard InChI is InChI=1S/C11H24N2S/c1-6-9(8-10(12)14)13(5)11(3,4)7-2/h9H,6-8H2,1-5H3,(H2,12,14). The SMILES string of the molecule is CCC(CC(N)=S)N(C)C(C)(C)CC. The highest BCUT2D eigenvalue weighted by atomic mass is 32.1. The second kappa shape index (κ2) is 5.66. The fourth-order valence-electron chi connectivity index (χ4n) is 1.53. The second-order valence-electron chi connectivity index (χ2n) is 4.51. The smallest absolute Gasteiger partial charge is 0.0743 e. The molecule has 2 N–H and O–H groups in total. The van der Waals surface area contributed by atoms with Gasteiger partial charge < -0.3 is 5.73 Å². The Balaban J connectivity index is 4.44. The molecule has 14 heavy (non-hydrogen) atoms. The van der Waals surface area contributed by atoms with Crippen LogP contribution in [-0.4, -0.2) is 28.5 Å². The average molecular weight is 216 g/mol. The minimum absolute atomic E-state index is 0.228. The Bertz CT molecular complexity index is 190. The first-order valence-corrected chi connectivity index (χ1v) is 5.77. The van der Waals surface area contributed by atoms with Crippen LogP contribution in [0, 0.1) is 0 Å². The first kappa shape index (κ1) is 13.8. The Kier molecular flexibility index (Phi) is 5.60. The van der Waals surface area contributed by atoms with E-state index in [0.29, 0.717) is 11.0 Å². The van der Waals surface area contributed by atoms with Crippen LogP contribution in [0.25, 0.3) is 0 Å². The maximum atomic E-state index is 5.60. The Morgan fingerprint density at radius 1 is 1.43 bits per heavy atom. The number of hydrogen-bond acceptors (Lipinski definition) is 2. The van der Waals surface area contributed by atoms with Gasteiger partial charge in [0.15, 0.2) is 0 Å². The molecule has 1 unspecified atom stereocenters. The molecule has 0 aliphatic rings. The molecule has 0 saturated heterocycles. The lowest BCUT2D eigenvalue weighted by Crippen LogP contribution is -2.47. The van der Waals surface area contributed by atoms with Crippen molar-refractivity contribution in [1.29, 1.82) is 0 Å². The molecule has 2 nitrogen and oxygen atoms in total. The van der Waals surface area contributed by atoms with Crippen molar-refractivity contribution in [2.75, 3.05) is 7.05 Å². The summed E-state index contributed by atoms with van der Waals surface area (Å²) in [5, 5.41) is 0. The molecule has 0 rings (SSSR count). The van der Waals surface area contributed by atoms with E-state index in [-0.39, 0.29) is 5.54 Å². The lowest BCUT2D eigenvalue weighted by atomic mass is 9.96. The number of nitrogens with two attached hydrogens (primary N) is 1. The van der Waals surface area contributed by atoms with E-state index in [1.165, 1.54) is 0 Å². The van der Waals surface area contributed by atoms with E-state index in [1.807, 2.05) is 0 Å². The molecule has 0 aromatic carbocycles. The molecule has 0 aromatic rings. The van der Waals surface area contributed by atoms with Crippen LogP contribution in [0.2, 0.25) is 0 Å². The van der Waals surface area contributed by atoms with Crippen LogP contribution in [0.3, 0.4) is 0 Å². The van der Waals surface area contributed by atoms with Gasteiger partial charge in [0.05, 0.1) is 4.99 Å². The molecule has 0 fully saturated rings. The third kappa shape index (κ3) is 3.93. The highest BCUT2D eigenvalue weighted by Gasteiger charge is 2.26. The Hall–Kier alpha value is -0.150. The van der Waals surface area contributed by atoms with Crippen LogP contribution in [0.15, 0.2) is 0 Å². The maximum absolute atomic E-state index is 5.60. The maximum Gasteiger partial charge on any atom is 0.0743 e. The molecular formula is C11H24N2S. The predicted octanol–water partition coefficient (Wildman–Crippen LogP) is 2.56. The van der Waals surface area contributed by atoms with Gasteiger partial charge in [-0.05, 0) is 33.7 Å². The van der Waals surface area contributed by atoms with E-state index >= 15 is 0 Å². The summed E-state index contributed by atoms with van der Waals surface area (Å²) in [7, 11) is 2.16. The van der Waals surface area contributed by atoms with E-state index in [9.17, 15) is 0 Å². The third-order valence-electron chi connectivity index (χ3n) is 3.28. The largest absolute Gasteiger partial charge is 0.393 e. The highest BCUT2D eigenvalue weighted by Crippen LogP contribution is 2.22. The zero-order chi connectivity index (χ0) is 11.4. The lowest BCUT2D eigenvalue weighted by Gasteiger charge is -2.40. The van der Waals surface area contributed by atoms with Gasteiger partial charge in [0, 0.05) is 18.0 Å².